The number of amides is 1. The molecule has 0 spiro atoms. The van der Waals surface area contributed by atoms with E-state index in [1.54, 1.807) is 0 Å². The fraction of sp³-hybridized carbons (Fsp3) is 0.529. The van der Waals surface area contributed by atoms with Crippen molar-refractivity contribution in [2.24, 2.45) is 5.92 Å². The van der Waals surface area contributed by atoms with E-state index in [-0.39, 0.29) is 17.8 Å². The third-order valence-corrected chi connectivity index (χ3v) is 3.81. The number of benzene rings is 1. The van der Waals surface area contributed by atoms with E-state index in [1.807, 2.05) is 31.2 Å². The highest BCUT2D eigenvalue weighted by Crippen LogP contribution is 2.20. The molecule has 1 heterocycles. The number of hydrogen-bond acceptors (Lipinski definition) is 4. The lowest BCUT2D eigenvalue weighted by molar-refractivity contribution is -0.150. The first-order valence-electron chi connectivity index (χ1n) is 7.84. The number of nitrogens with one attached hydrogen (secondary N) is 1. The summed E-state index contributed by atoms with van der Waals surface area (Å²) in [5.41, 5.74) is 1.98. The van der Waals surface area contributed by atoms with Crippen LogP contribution in [0.1, 0.15) is 32.3 Å². The van der Waals surface area contributed by atoms with Crippen LogP contribution in [0.5, 0.6) is 0 Å². The molecule has 1 aliphatic rings. The number of piperidine rings is 1. The van der Waals surface area contributed by atoms with Crippen molar-refractivity contribution in [3.63, 3.8) is 0 Å². The molecule has 1 aromatic rings. The van der Waals surface area contributed by atoms with Gasteiger partial charge in [-0.25, -0.2) is 0 Å². The van der Waals surface area contributed by atoms with E-state index in [2.05, 4.69) is 10.2 Å². The number of nitrogens with zero attached hydrogens (tertiary/aromatic N) is 1. The van der Waals surface area contributed by atoms with E-state index >= 15 is 0 Å². The van der Waals surface area contributed by atoms with Crippen molar-refractivity contribution in [1.82, 2.24) is 4.90 Å². The summed E-state index contributed by atoms with van der Waals surface area (Å²) in [5, 5.41) is 2.76. The van der Waals surface area contributed by atoms with Crippen molar-refractivity contribution in [2.75, 3.05) is 25.0 Å². The number of esters is 1. The summed E-state index contributed by atoms with van der Waals surface area (Å²) in [5.74, 6) is -0.151. The Hall–Kier alpha value is -1.88. The van der Waals surface area contributed by atoms with Crippen LogP contribution in [0, 0.1) is 5.92 Å². The maximum atomic E-state index is 11.9. The molecule has 1 N–H and O–H groups in total. The Balaban J connectivity index is 1.89. The van der Waals surface area contributed by atoms with Crippen molar-refractivity contribution in [2.45, 2.75) is 33.2 Å². The molecular formula is C17H24N2O3. The topological polar surface area (TPSA) is 58.6 Å². The number of anilines is 1. The molecule has 22 heavy (non-hydrogen) atoms. The van der Waals surface area contributed by atoms with Crippen LogP contribution < -0.4 is 5.32 Å². The van der Waals surface area contributed by atoms with Gasteiger partial charge in [-0.1, -0.05) is 12.1 Å². The molecule has 0 saturated carbocycles. The average Bonchev–Trinajstić information content (AvgIpc) is 2.49. The Kier molecular flexibility index (Phi) is 5.95. The van der Waals surface area contributed by atoms with E-state index in [1.165, 1.54) is 12.5 Å². The lowest BCUT2D eigenvalue weighted by atomic mass is 9.97. The van der Waals surface area contributed by atoms with Gasteiger partial charge < -0.3 is 10.1 Å². The Morgan fingerprint density at radius 2 is 2.05 bits per heavy atom. The summed E-state index contributed by atoms with van der Waals surface area (Å²) < 4.78 is 5.13. The average molecular weight is 304 g/mol. The van der Waals surface area contributed by atoms with Gasteiger partial charge in [0.1, 0.15) is 0 Å². The summed E-state index contributed by atoms with van der Waals surface area (Å²) in [4.78, 5) is 25.1. The van der Waals surface area contributed by atoms with Crippen LogP contribution in [0.15, 0.2) is 24.3 Å². The largest absolute Gasteiger partial charge is 0.466 e. The van der Waals surface area contributed by atoms with E-state index in [9.17, 15) is 9.59 Å². The monoisotopic (exact) mass is 304 g/mol. The summed E-state index contributed by atoms with van der Waals surface area (Å²) >= 11 is 0. The summed E-state index contributed by atoms with van der Waals surface area (Å²) in [6.45, 7) is 6.36. The van der Waals surface area contributed by atoms with E-state index in [0.717, 1.165) is 38.2 Å². The van der Waals surface area contributed by atoms with Gasteiger partial charge in [0.25, 0.3) is 0 Å². The number of carbonyl (C=O) groups excluding carboxylic acids is 2. The van der Waals surface area contributed by atoms with E-state index in [4.69, 9.17) is 4.74 Å². The number of hydrogen-bond donors (Lipinski definition) is 1. The molecular weight excluding hydrogens is 280 g/mol. The minimum atomic E-state index is -0.0757. The van der Waals surface area contributed by atoms with Gasteiger partial charge in [-0.3, -0.25) is 14.5 Å². The Morgan fingerprint density at radius 1 is 1.32 bits per heavy atom. The van der Waals surface area contributed by atoms with Gasteiger partial charge in [-0.05, 0) is 44.0 Å². The molecule has 5 nitrogen and oxygen atoms in total. The quantitative estimate of drug-likeness (QED) is 0.849. The second kappa shape index (κ2) is 7.94. The molecule has 1 saturated heterocycles. The van der Waals surface area contributed by atoms with Gasteiger partial charge >= 0.3 is 5.97 Å². The van der Waals surface area contributed by atoms with Crippen LogP contribution in [-0.4, -0.2) is 36.5 Å². The third-order valence-electron chi connectivity index (χ3n) is 3.81. The zero-order valence-corrected chi connectivity index (χ0v) is 13.3. The normalized spacial score (nSPS) is 18.7. The standard InChI is InChI=1S/C17H24N2O3/c1-3-22-17(21)15-5-4-10-19(12-15)11-14-6-8-16(9-7-14)18-13(2)20/h6-9,15H,3-5,10-12H2,1-2H3,(H,18,20). The number of carbonyl (C=O) groups is 2. The fourth-order valence-corrected chi connectivity index (χ4v) is 2.81. The SMILES string of the molecule is CCOC(=O)C1CCCN(Cc2ccc(NC(C)=O)cc2)C1. The van der Waals surface area contributed by atoms with Crippen molar-refractivity contribution in [3.05, 3.63) is 29.8 Å². The predicted molar refractivity (Wildman–Crippen MR) is 85.4 cm³/mol. The maximum Gasteiger partial charge on any atom is 0.310 e. The molecule has 0 radical (unpaired) electrons. The van der Waals surface area contributed by atoms with Crippen molar-refractivity contribution in [3.8, 4) is 0 Å². The van der Waals surface area contributed by atoms with Crippen LogP contribution >= 0.6 is 0 Å². The second-order valence-corrected chi connectivity index (χ2v) is 5.70. The number of ether oxygens (including phenoxy) is 1. The van der Waals surface area contributed by atoms with Crippen LogP contribution in [-0.2, 0) is 20.9 Å². The van der Waals surface area contributed by atoms with Crippen molar-refractivity contribution < 1.29 is 14.3 Å². The minimum absolute atomic E-state index is 0.00708. The molecule has 5 heteroatoms. The zero-order chi connectivity index (χ0) is 15.9. The highest BCUT2D eigenvalue weighted by Gasteiger charge is 2.26. The molecule has 2 rings (SSSR count). The lowest BCUT2D eigenvalue weighted by Gasteiger charge is -2.31. The van der Waals surface area contributed by atoms with Gasteiger partial charge in [0, 0.05) is 25.7 Å². The Labute approximate surface area is 131 Å². The molecule has 1 fully saturated rings. The number of likely N-dealkylation sites (tertiary alicyclic amines) is 1. The highest BCUT2D eigenvalue weighted by atomic mass is 16.5. The van der Waals surface area contributed by atoms with Gasteiger partial charge in [0.15, 0.2) is 0 Å². The highest BCUT2D eigenvalue weighted by molar-refractivity contribution is 5.88. The minimum Gasteiger partial charge on any atom is -0.466 e. The van der Waals surface area contributed by atoms with Gasteiger partial charge in [-0.15, -0.1) is 0 Å². The molecule has 1 unspecified atom stereocenters. The first-order valence-corrected chi connectivity index (χ1v) is 7.84. The number of rotatable bonds is 5. The van der Waals surface area contributed by atoms with Gasteiger partial charge in [0.05, 0.1) is 12.5 Å². The zero-order valence-electron chi connectivity index (χ0n) is 13.3. The summed E-state index contributed by atoms with van der Waals surface area (Å²) in [7, 11) is 0. The Bertz CT molecular complexity index is 513. The van der Waals surface area contributed by atoms with Gasteiger partial charge in [0.2, 0.25) is 5.91 Å². The maximum absolute atomic E-state index is 11.9. The second-order valence-electron chi connectivity index (χ2n) is 5.70. The predicted octanol–water partition coefficient (Wildman–Crippen LogP) is 2.42. The summed E-state index contributed by atoms with van der Waals surface area (Å²) in [6, 6.07) is 7.84. The van der Waals surface area contributed by atoms with E-state index < -0.39 is 0 Å². The fourth-order valence-electron chi connectivity index (χ4n) is 2.81. The van der Waals surface area contributed by atoms with Crippen LogP contribution in [0.4, 0.5) is 5.69 Å². The van der Waals surface area contributed by atoms with Crippen LogP contribution in [0.3, 0.4) is 0 Å². The molecule has 1 amide bonds. The van der Waals surface area contributed by atoms with E-state index in [0.29, 0.717) is 6.61 Å². The molecule has 1 aliphatic heterocycles. The first kappa shape index (κ1) is 16.5. The van der Waals surface area contributed by atoms with Crippen LogP contribution in [0.2, 0.25) is 0 Å². The molecule has 1 atom stereocenters. The summed E-state index contributed by atoms with van der Waals surface area (Å²) in [6.07, 6.45) is 1.93. The van der Waals surface area contributed by atoms with Gasteiger partial charge in [-0.2, -0.15) is 0 Å². The molecule has 0 aliphatic carbocycles. The first-order chi connectivity index (χ1) is 10.6. The lowest BCUT2D eigenvalue weighted by Crippen LogP contribution is -2.38. The molecule has 0 aromatic heterocycles. The van der Waals surface area contributed by atoms with Crippen molar-refractivity contribution >= 4 is 17.6 Å². The van der Waals surface area contributed by atoms with Crippen molar-refractivity contribution in [1.29, 1.82) is 0 Å². The molecule has 120 valence electrons. The third kappa shape index (κ3) is 4.84. The van der Waals surface area contributed by atoms with Crippen LogP contribution in [0.25, 0.3) is 0 Å². The Morgan fingerprint density at radius 3 is 2.68 bits per heavy atom. The smallest absolute Gasteiger partial charge is 0.310 e. The molecule has 1 aromatic carbocycles. The molecule has 0 bridgehead atoms.